The van der Waals surface area contributed by atoms with E-state index in [9.17, 15) is 9.59 Å². The van der Waals surface area contributed by atoms with Gasteiger partial charge in [-0.15, -0.1) is 0 Å². The molecule has 1 heterocycles. The highest BCUT2D eigenvalue weighted by Gasteiger charge is 2.26. The predicted octanol–water partition coefficient (Wildman–Crippen LogP) is 1.93. The summed E-state index contributed by atoms with van der Waals surface area (Å²) < 4.78 is 0. The first-order valence-electron chi connectivity index (χ1n) is 9.78. The minimum atomic E-state index is -0.168. The Bertz CT molecular complexity index is 679. The van der Waals surface area contributed by atoms with Crippen LogP contribution in [-0.2, 0) is 4.79 Å². The van der Waals surface area contributed by atoms with Crippen LogP contribution in [0.5, 0.6) is 0 Å². The highest BCUT2D eigenvalue weighted by atomic mass is 16.2. The number of nitrogens with zero attached hydrogens (tertiary/aromatic N) is 2. The van der Waals surface area contributed by atoms with Gasteiger partial charge in [0.15, 0.2) is 0 Å². The van der Waals surface area contributed by atoms with Crippen molar-refractivity contribution in [1.29, 1.82) is 0 Å². The van der Waals surface area contributed by atoms with Crippen LogP contribution in [0.1, 0.15) is 31.2 Å². The summed E-state index contributed by atoms with van der Waals surface area (Å²) in [5, 5.41) is 9.06. The zero-order chi connectivity index (χ0) is 19.4. The molecule has 1 saturated heterocycles. The van der Waals surface area contributed by atoms with Gasteiger partial charge in [-0.25, -0.2) is 4.79 Å². The lowest BCUT2D eigenvalue weighted by Crippen LogP contribution is -2.48. The van der Waals surface area contributed by atoms with Crippen LogP contribution < -0.4 is 20.9 Å². The number of hydrogen-bond acceptors (Lipinski definition) is 4. The number of anilines is 2. The highest BCUT2D eigenvalue weighted by Crippen LogP contribution is 2.22. The molecule has 27 heavy (non-hydrogen) atoms. The summed E-state index contributed by atoms with van der Waals surface area (Å²) in [6.45, 7) is 4.11. The number of nitrogens with one attached hydrogen (secondary N) is 3. The van der Waals surface area contributed by atoms with Crippen LogP contribution >= 0.6 is 0 Å². The van der Waals surface area contributed by atoms with Gasteiger partial charge in [-0.1, -0.05) is 6.07 Å². The third-order valence-corrected chi connectivity index (χ3v) is 5.22. The van der Waals surface area contributed by atoms with E-state index < -0.39 is 0 Å². The van der Waals surface area contributed by atoms with E-state index in [1.54, 1.807) is 0 Å². The monoisotopic (exact) mass is 373 g/mol. The molecule has 1 aliphatic carbocycles. The van der Waals surface area contributed by atoms with Crippen molar-refractivity contribution in [2.45, 2.75) is 44.7 Å². The number of rotatable bonds is 6. The van der Waals surface area contributed by atoms with Gasteiger partial charge in [0.25, 0.3) is 0 Å². The second kappa shape index (κ2) is 8.61. The topological polar surface area (TPSA) is 76.7 Å². The molecule has 2 aliphatic rings. The van der Waals surface area contributed by atoms with Gasteiger partial charge in [0.2, 0.25) is 5.91 Å². The number of benzene rings is 1. The van der Waals surface area contributed by atoms with E-state index in [1.807, 2.05) is 44.1 Å². The molecule has 1 aromatic carbocycles. The molecule has 1 aliphatic heterocycles. The molecular weight excluding hydrogens is 342 g/mol. The summed E-state index contributed by atoms with van der Waals surface area (Å²) >= 11 is 0. The van der Waals surface area contributed by atoms with E-state index in [0.717, 1.165) is 55.7 Å². The number of aryl methyl sites for hydroxylation is 1. The van der Waals surface area contributed by atoms with Gasteiger partial charge >= 0.3 is 6.03 Å². The summed E-state index contributed by atoms with van der Waals surface area (Å²) in [6, 6.07) is 6.42. The molecule has 7 heteroatoms. The standard InChI is InChI=1S/C20H31N5O2/c1-14-4-7-17(24(2)3)12-18(14)23-20(27)22-16-8-10-25(11-9-16)13-19(26)21-15-5-6-15/h4,7,12,15-16H,5-6,8-11,13H2,1-3H3,(H,21,26)(H2,22,23,27). The van der Waals surface area contributed by atoms with Gasteiger partial charge < -0.3 is 20.9 Å². The van der Waals surface area contributed by atoms with Gasteiger partial charge in [-0.2, -0.15) is 0 Å². The Balaban J connectivity index is 1.42. The number of likely N-dealkylation sites (tertiary alicyclic amines) is 1. The van der Waals surface area contributed by atoms with E-state index in [2.05, 4.69) is 20.9 Å². The molecule has 1 saturated carbocycles. The number of carbonyl (C=O) groups is 2. The molecule has 3 N–H and O–H groups in total. The van der Waals surface area contributed by atoms with E-state index in [-0.39, 0.29) is 18.0 Å². The van der Waals surface area contributed by atoms with Crippen LogP contribution in [0.2, 0.25) is 0 Å². The summed E-state index contributed by atoms with van der Waals surface area (Å²) in [6.07, 6.45) is 3.95. The molecule has 0 aromatic heterocycles. The predicted molar refractivity (Wildman–Crippen MR) is 108 cm³/mol. The number of amides is 3. The average Bonchev–Trinajstić information content (AvgIpc) is 3.42. The summed E-state index contributed by atoms with van der Waals surface area (Å²) in [5.41, 5.74) is 2.91. The Labute approximate surface area is 161 Å². The maximum absolute atomic E-state index is 12.4. The van der Waals surface area contributed by atoms with Gasteiger partial charge in [-0.05, 0) is 50.3 Å². The quantitative estimate of drug-likeness (QED) is 0.712. The number of carbonyl (C=O) groups excluding carboxylic acids is 2. The van der Waals surface area contributed by atoms with Gasteiger partial charge in [0, 0.05) is 50.6 Å². The largest absolute Gasteiger partial charge is 0.378 e. The maximum atomic E-state index is 12.4. The van der Waals surface area contributed by atoms with Crippen molar-refractivity contribution in [2.24, 2.45) is 0 Å². The molecule has 0 atom stereocenters. The van der Waals surface area contributed by atoms with Crippen LogP contribution in [0.3, 0.4) is 0 Å². The zero-order valence-electron chi connectivity index (χ0n) is 16.5. The first-order chi connectivity index (χ1) is 12.9. The van der Waals surface area contributed by atoms with Crippen LogP contribution in [0.15, 0.2) is 18.2 Å². The number of urea groups is 1. The lowest BCUT2D eigenvalue weighted by molar-refractivity contribution is -0.122. The third-order valence-electron chi connectivity index (χ3n) is 5.22. The molecule has 0 spiro atoms. The lowest BCUT2D eigenvalue weighted by Gasteiger charge is -2.31. The lowest BCUT2D eigenvalue weighted by atomic mass is 10.1. The van der Waals surface area contributed by atoms with E-state index in [0.29, 0.717) is 12.6 Å². The van der Waals surface area contributed by atoms with Crippen molar-refractivity contribution < 1.29 is 9.59 Å². The second-order valence-electron chi connectivity index (χ2n) is 7.88. The number of hydrogen-bond donors (Lipinski definition) is 3. The van der Waals surface area contributed by atoms with Crippen molar-refractivity contribution in [3.63, 3.8) is 0 Å². The molecule has 2 fully saturated rings. The Morgan fingerprint density at radius 1 is 1.07 bits per heavy atom. The molecule has 0 unspecified atom stereocenters. The first-order valence-corrected chi connectivity index (χ1v) is 9.78. The first kappa shape index (κ1) is 19.5. The smallest absolute Gasteiger partial charge is 0.319 e. The Morgan fingerprint density at radius 3 is 2.37 bits per heavy atom. The average molecular weight is 374 g/mol. The Kier molecular flexibility index (Phi) is 6.21. The van der Waals surface area contributed by atoms with Gasteiger partial charge in [-0.3, -0.25) is 9.69 Å². The maximum Gasteiger partial charge on any atom is 0.319 e. The molecule has 148 valence electrons. The van der Waals surface area contributed by atoms with E-state index >= 15 is 0 Å². The number of piperidine rings is 1. The van der Waals surface area contributed by atoms with E-state index in [1.165, 1.54) is 0 Å². The van der Waals surface area contributed by atoms with Crippen LogP contribution in [0.25, 0.3) is 0 Å². The molecule has 3 amide bonds. The van der Waals surface area contributed by atoms with Gasteiger partial charge in [0.05, 0.1) is 6.54 Å². The molecule has 0 bridgehead atoms. The minimum absolute atomic E-state index is 0.123. The summed E-state index contributed by atoms with van der Waals surface area (Å²) in [4.78, 5) is 28.5. The van der Waals surface area contributed by atoms with Crippen molar-refractivity contribution >= 4 is 23.3 Å². The van der Waals surface area contributed by atoms with Crippen molar-refractivity contribution in [1.82, 2.24) is 15.5 Å². The van der Waals surface area contributed by atoms with Crippen LogP contribution in [0.4, 0.5) is 16.2 Å². The van der Waals surface area contributed by atoms with Crippen molar-refractivity contribution in [3.8, 4) is 0 Å². The van der Waals surface area contributed by atoms with Crippen LogP contribution in [-0.4, -0.2) is 62.7 Å². The fourth-order valence-corrected chi connectivity index (χ4v) is 3.31. The fraction of sp³-hybridized carbons (Fsp3) is 0.600. The Morgan fingerprint density at radius 2 is 1.74 bits per heavy atom. The van der Waals surface area contributed by atoms with Crippen LogP contribution in [0, 0.1) is 6.92 Å². The summed E-state index contributed by atoms with van der Waals surface area (Å²) in [5.74, 6) is 0.123. The molecule has 7 nitrogen and oxygen atoms in total. The fourth-order valence-electron chi connectivity index (χ4n) is 3.31. The van der Waals surface area contributed by atoms with E-state index in [4.69, 9.17) is 0 Å². The summed E-state index contributed by atoms with van der Waals surface area (Å²) in [7, 11) is 3.96. The molecule has 3 rings (SSSR count). The normalized spacial score (nSPS) is 18.0. The molecular formula is C20H31N5O2. The molecule has 0 radical (unpaired) electrons. The minimum Gasteiger partial charge on any atom is -0.378 e. The zero-order valence-corrected chi connectivity index (χ0v) is 16.5. The Hall–Kier alpha value is -2.28. The SMILES string of the molecule is Cc1ccc(N(C)C)cc1NC(=O)NC1CCN(CC(=O)NC2CC2)CC1. The van der Waals surface area contributed by atoms with Crippen molar-refractivity contribution in [2.75, 3.05) is 43.9 Å². The third kappa shape index (κ3) is 5.85. The van der Waals surface area contributed by atoms with Crippen molar-refractivity contribution in [3.05, 3.63) is 23.8 Å². The van der Waals surface area contributed by atoms with Gasteiger partial charge in [0.1, 0.15) is 0 Å². The highest BCUT2D eigenvalue weighted by molar-refractivity contribution is 5.91. The molecule has 1 aromatic rings. The second-order valence-corrected chi connectivity index (χ2v) is 7.88.